The fourth-order valence-corrected chi connectivity index (χ4v) is 1.74. The Morgan fingerprint density at radius 1 is 1.50 bits per heavy atom. The van der Waals surface area contributed by atoms with Crippen molar-refractivity contribution < 1.29 is 13.9 Å². The molecule has 0 atom stereocenters. The summed E-state index contributed by atoms with van der Waals surface area (Å²) in [6.07, 6.45) is 1.56. The first kappa shape index (κ1) is 12.9. The van der Waals surface area contributed by atoms with Crippen LogP contribution in [0.15, 0.2) is 30.5 Å². The number of ether oxygens (including phenoxy) is 1. The Kier molecular flexibility index (Phi) is 3.88. The zero-order valence-corrected chi connectivity index (χ0v) is 10.7. The summed E-state index contributed by atoms with van der Waals surface area (Å²) in [5, 5.41) is 3.12. The minimum Gasteiger partial charge on any atom is -0.472 e. The molecule has 0 amide bonds. The van der Waals surface area contributed by atoms with Crippen molar-refractivity contribution in [2.75, 3.05) is 0 Å². The zero-order chi connectivity index (χ0) is 13.1. The van der Waals surface area contributed by atoms with Gasteiger partial charge in [0.05, 0.1) is 0 Å². The van der Waals surface area contributed by atoms with E-state index < -0.39 is 11.1 Å². The first-order valence-corrected chi connectivity index (χ1v) is 5.70. The molecule has 0 bridgehead atoms. The highest BCUT2D eigenvalue weighted by Gasteiger charge is 2.14. The first-order chi connectivity index (χ1) is 8.58. The molecule has 2 rings (SSSR count). The van der Waals surface area contributed by atoms with Crippen molar-refractivity contribution in [1.29, 1.82) is 0 Å². The zero-order valence-electron chi connectivity index (χ0n) is 9.01. The molecule has 2 aromatic rings. The SMILES string of the molecule is O=C(Cl)c1cccc(F)c1COc1ccn(S)n1. The molecule has 0 N–H and O–H groups in total. The van der Waals surface area contributed by atoms with Gasteiger partial charge in [0, 0.05) is 23.4 Å². The fraction of sp³-hybridized carbons (Fsp3) is 0.0909. The average Bonchev–Trinajstić information content (AvgIpc) is 2.73. The lowest BCUT2D eigenvalue weighted by atomic mass is 10.1. The van der Waals surface area contributed by atoms with Gasteiger partial charge in [0.25, 0.3) is 5.24 Å². The molecule has 1 aromatic carbocycles. The number of hydrogen-bond acceptors (Lipinski definition) is 4. The van der Waals surface area contributed by atoms with Gasteiger partial charge in [-0.1, -0.05) is 6.07 Å². The van der Waals surface area contributed by atoms with E-state index in [4.69, 9.17) is 16.3 Å². The average molecular weight is 287 g/mol. The largest absolute Gasteiger partial charge is 0.472 e. The second-order valence-electron chi connectivity index (χ2n) is 3.40. The smallest absolute Gasteiger partial charge is 0.252 e. The molecule has 0 aliphatic rings. The van der Waals surface area contributed by atoms with Crippen LogP contribution >= 0.6 is 24.4 Å². The number of benzene rings is 1. The van der Waals surface area contributed by atoms with Crippen LogP contribution in [0.25, 0.3) is 0 Å². The second-order valence-corrected chi connectivity index (χ2v) is 4.16. The maximum absolute atomic E-state index is 13.6. The van der Waals surface area contributed by atoms with Crippen molar-refractivity contribution in [3.05, 3.63) is 47.4 Å². The van der Waals surface area contributed by atoms with Gasteiger partial charge in [0.1, 0.15) is 12.4 Å². The molecule has 94 valence electrons. The van der Waals surface area contributed by atoms with Crippen LogP contribution in [0, 0.1) is 5.82 Å². The predicted molar refractivity (Wildman–Crippen MR) is 67.5 cm³/mol. The van der Waals surface area contributed by atoms with Crippen LogP contribution in [0.3, 0.4) is 0 Å². The van der Waals surface area contributed by atoms with Crippen molar-refractivity contribution >= 4 is 29.7 Å². The van der Waals surface area contributed by atoms with Crippen molar-refractivity contribution in [3.63, 3.8) is 0 Å². The summed E-state index contributed by atoms with van der Waals surface area (Å²) in [5.74, 6) is -0.270. The van der Waals surface area contributed by atoms with Crippen LogP contribution in [-0.2, 0) is 6.61 Å². The first-order valence-electron chi connectivity index (χ1n) is 4.93. The van der Waals surface area contributed by atoms with Gasteiger partial charge in [0.2, 0.25) is 5.88 Å². The quantitative estimate of drug-likeness (QED) is 0.694. The number of thiol groups is 1. The molecule has 1 aromatic heterocycles. The molecule has 0 saturated carbocycles. The summed E-state index contributed by atoms with van der Waals surface area (Å²) in [7, 11) is 0. The van der Waals surface area contributed by atoms with Crippen molar-refractivity contribution in [2.45, 2.75) is 6.61 Å². The van der Waals surface area contributed by atoms with Crippen LogP contribution in [0.1, 0.15) is 15.9 Å². The van der Waals surface area contributed by atoms with Gasteiger partial charge < -0.3 is 4.74 Å². The molecule has 18 heavy (non-hydrogen) atoms. The highest BCUT2D eigenvalue weighted by Crippen LogP contribution is 2.18. The molecule has 7 heteroatoms. The third-order valence-corrected chi connectivity index (χ3v) is 2.67. The van der Waals surface area contributed by atoms with E-state index in [1.54, 1.807) is 12.3 Å². The topological polar surface area (TPSA) is 44.1 Å². The van der Waals surface area contributed by atoms with Gasteiger partial charge in [-0.25, -0.2) is 8.48 Å². The summed E-state index contributed by atoms with van der Waals surface area (Å²) in [5.41, 5.74) is 0.188. The van der Waals surface area contributed by atoms with Gasteiger partial charge in [-0.2, -0.15) is 0 Å². The van der Waals surface area contributed by atoms with Crippen LogP contribution in [-0.4, -0.2) is 14.4 Å². The van der Waals surface area contributed by atoms with E-state index in [-0.39, 0.29) is 23.6 Å². The lowest BCUT2D eigenvalue weighted by Crippen LogP contribution is -2.05. The Morgan fingerprint density at radius 3 is 2.89 bits per heavy atom. The minimum atomic E-state index is -0.729. The lowest BCUT2D eigenvalue weighted by Gasteiger charge is -2.07. The maximum atomic E-state index is 13.6. The Balaban J connectivity index is 2.20. The third-order valence-electron chi connectivity index (χ3n) is 2.25. The van der Waals surface area contributed by atoms with Crippen molar-refractivity contribution in [2.24, 2.45) is 0 Å². The monoisotopic (exact) mass is 286 g/mol. The highest BCUT2D eigenvalue weighted by molar-refractivity contribution is 7.78. The Hall–Kier alpha value is -1.53. The number of nitrogens with zero attached hydrogens (tertiary/aromatic N) is 2. The second kappa shape index (κ2) is 5.41. The summed E-state index contributed by atoms with van der Waals surface area (Å²) >= 11 is 9.31. The van der Waals surface area contributed by atoms with E-state index in [1.807, 2.05) is 0 Å². The van der Waals surface area contributed by atoms with E-state index in [0.29, 0.717) is 0 Å². The van der Waals surface area contributed by atoms with Gasteiger partial charge in [-0.15, -0.1) is 5.10 Å². The van der Waals surface area contributed by atoms with Crippen molar-refractivity contribution in [1.82, 2.24) is 9.19 Å². The standard InChI is InChI=1S/C11H8ClFN2O2S/c12-11(16)7-2-1-3-9(13)8(7)6-17-10-4-5-15(18)14-10/h1-5,18H,6H2. The van der Waals surface area contributed by atoms with E-state index in [9.17, 15) is 9.18 Å². The molecule has 0 aliphatic carbocycles. The van der Waals surface area contributed by atoms with Crippen LogP contribution in [0.5, 0.6) is 5.88 Å². The van der Waals surface area contributed by atoms with Gasteiger partial charge >= 0.3 is 0 Å². The molecule has 0 unspecified atom stereocenters. The number of hydrogen-bond donors (Lipinski definition) is 1. The lowest BCUT2D eigenvalue weighted by molar-refractivity contribution is 0.107. The van der Waals surface area contributed by atoms with Crippen LogP contribution in [0.4, 0.5) is 4.39 Å². The maximum Gasteiger partial charge on any atom is 0.252 e. The van der Waals surface area contributed by atoms with Gasteiger partial charge in [0.15, 0.2) is 0 Å². The number of carbonyl (C=O) groups excluding carboxylic acids is 1. The molecule has 0 fully saturated rings. The third kappa shape index (κ3) is 2.83. The van der Waals surface area contributed by atoms with E-state index in [0.717, 1.165) is 0 Å². The number of aromatic nitrogens is 2. The molecular weight excluding hydrogens is 279 g/mol. The summed E-state index contributed by atoms with van der Waals surface area (Å²) < 4.78 is 20.1. The molecule has 0 spiro atoms. The Morgan fingerprint density at radius 2 is 2.28 bits per heavy atom. The molecule has 0 saturated heterocycles. The highest BCUT2D eigenvalue weighted by atomic mass is 35.5. The number of halogens is 2. The van der Waals surface area contributed by atoms with E-state index >= 15 is 0 Å². The fourth-order valence-electron chi connectivity index (χ4n) is 1.41. The van der Waals surface area contributed by atoms with Crippen LogP contribution in [0.2, 0.25) is 0 Å². The number of carbonyl (C=O) groups is 1. The molecule has 0 aliphatic heterocycles. The van der Waals surface area contributed by atoms with E-state index in [2.05, 4.69) is 17.9 Å². The summed E-state index contributed by atoms with van der Waals surface area (Å²) in [6, 6.07) is 5.65. The Labute approximate surface area is 113 Å². The Bertz CT molecular complexity index is 588. The molecule has 4 nitrogen and oxygen atoms in total. The summed E-state index contributed by atoms with van der Waals surface area (Å²) in [4.78, 5) is 11.1. The van der Waals surface area contributed by atoms with Gasteiger partial charge in [-0.05, 0) is 36.5 Å². The van der Waals surface area contributed by atoms with E-state index in [1.165, 1.54) is 22.3 Å². The molecule has 0 radical (unpaired) electrons. The minimum absolute atomic E-state index is 0.0852. The van der Waals surface area contributed by atoms with Crippen molar-refractivity contribution in [3.8, 4) is 5.88 Å². The summed E-state index contributed by atoms with van der Waals surface area (Å²) in [6.45, 7) is -0.134. The molecular formula is C11H8ClFN2O2S. The predicted octanol–water partition coefficient (Wildman–Crippen LogP) is 2.67. The molecule has 1 heterocycles. The van der Waals surface area contributed by atoms with Gasteiger partial charge in [-0.3, -0.25) is 4.79 Å². The number of rotatable bonds is 4. The normalized spacial score (nSPS) is 10.4. The van der Waals surface area contributed by atoms with Crippen LogP contribution < -0.4 is 4.74 Å².